The molecule has 0 saturated carbocycles. The number of rotatable bonds is 4. The van der Waals surface area contributed by atoms with Crippen molar-refractivity contribution in [2.75, 3.05) is 11.1 Å². The van der Waals surface area contributed by atoms with Gasteiger partial charge in [-0.15, -0.1) is 0 Å². The van der Waals surface area contributed by atoms with Gasteiger partial charge in [-0.1, -0.05) is 17.7 Å². The molecule has 0 atom stereocenters. The zero-order chi connectivity index (χ0) is 16.2. The van der Waals surface area contributed by atoms with Gasteiger partial charge in [0.1, 0.15) is 17.8 Å². The maximum Gasteiger partial charge on any atom is 0.248 e. The van der Waals surface area contributed by atoms with Crippen molar-refractivity contribution in [1.82, 2.24) is 15.0 Å². The molecule has 2 aromatic heterocycles. The van der Waals surface area contributed by atoms with E-state index in [9.17, 15) is 0 Å². The molecule has 0 fully saturated rings. The molecule has 116 valence electrons. The number of nitrogens with zero attached hydrogens (tertiary/aromatic N) is 3. The van der Waals surface area contributed by atoms with Gasteiger partial charge in [-0.3, -0.25) is 4.98 Å². The molecule has 3 N–H and O–H groups in total. The van der Waals surface area contributed by atoms with Crippen LogP contribution in [0.15, 0.2) is 49.1 Å². The van der Waals surface area contributed by atoms with Crippen LogP contribution < -0.4 is 15.8 Å². The zero-order valence-corrected chi connectivity index (χ0v) is 13.1. The van der Waals surface area contributed by atoms with E-state index < -0.39 is 0 Å². The van der Waals surface area contributed by atoms with E-state index in [2.05, 4.69) is 20.3 Å². The molecular weight excluding hydrogens is 314 g/mol. The normalized spacial score (nSPS) is 10.3. The standard InChI is InChI=1S/C16H14ClN5O/c1-10-4-5-11(17)7-13(10)22-15-14(18)16(21-9-20-15)23-12-3-2-6-19-8-12/h2-9H,18H2,1H3,(H,20,21,22). The van der Waals surface area contributed by atoms with E-state index in [1.165, 1.54) is 6.33 Å². The third-order valence-electron chi connectivity index (χ3n) is 3.15. The van der Waals surface area contributed by atoms with Gasteiger partial charge in [0, 0.05) is 16.9 Å². The number of aromatic nitrogens is 3. The zero-order valence-electron chi connectivity index (χ0n) is 12.3. The van der Waals surface area contributed by atoms with Crippen molar-refractivity contribution in [3.05, 3.63) is 59.6 Å². The van der Waals surface area contributed by atoms with Crippen LogP contribution >= 0.6 is 11.6 Å². The van der Waals surface area contributed by atoms with E-state index in [1.807, 2.05) is 19.1 Å². The number of nitrogens with two attached hydrogens (primary N) is 1. The molecule has 3 rings (SSSR count). The van der Waals surface area contributed by atoms with Crippen LogP contribution in [-0.2, 0) is 0 Å². The molecule has 3 aromatic rings. The Labute approximate surface area is 138 Å². The third kappa shape index (κ3) is 3.49. The first-order valence-electron chi connectivity index (χ1n) is 6.85. The topological polar surface area (TPSA) is 86.0 Å². The molecule has 0 spiro atoms. The number of aryl methyl sites for hydroxylation is 1. The summed E-state index contributed by atoms with van der Waals surface area (Å²) >= 11 is 6.03. The minimum absolute atomic E-state index is 0.259. The lowest BCUT2D eigenvalue weighted by Gasteiger charge is -2.13. The van der Waals surface area contributed by atoms with E-state index in [1.54, 1.807) is 30.6 Å². The number of benzene rings is 1. The monoisotopic (exact) mass is 327 g/mol. The third-order valence-corrected chi connectivity index (χ3v) is 3.38. The van der Waals surface area contributed by atoms with Gasteiger partial charge in [0.25, 0.3) is 0 Å². The highest BCUT2D eigenvalue weighted by atomic mass is 35.5. The van der Waals surface area contributed by atoms with E-state index in [0.29, 0.717) is 22.3 Å². The molecule has 1 aromatic carbocycles. The number of anilines is 3. The first kappa shape index (κ1) is 15.1. The van der Waals surface area contributed by atoms with Crippen LogP contribution in [0.1, 0.15) is 5.56 Å². The summed E-state index contributed by atoms with van der Waals surface area (Å²) < 4.78 is 5.64. The lowest BCUT2D eigenvalue weighted by Crippen LogP contribution is -2.04. The number of halogens is 1. The SMILES string of the molecule is Cc1ccc(Cl)cc1Nc1ncnc(Oc2cccnc2)c1N. The molecule has 6 nitrogen and oxygen atoms in total. The summed E-state index contributed by atoms with van der Waals surface area (Å²) in [7, 11) is 0. The average Bonchev–Trinajstić information content (AvgIpc) is 2.55. The minimum atomic E-state index is 0.259. The van der Waals surface area contributed by atoms with Crippen LogP contribution in [-0.4, -0.2) is 15.0 Å². The molecule has 0 saturated heterocycles. The summed E-state index contributed by atoms with van der Waals surface area (Å²) in [5.74, 6) is 1.25. The molecule has 7 heteroatoms. The molecule has 2 heterocycles. The van der Waals surface area contributed by atoms with Crippen LogP contribution in [0.5, 0.6) is 11.6 Å². The van der Waals surface area contributed by atoms with E-state index in [0.717, 1.165) is 11.3 Å². The Morgan fingerprint density at radius 1 is 1.22 bits per heavy atom. The Hall–Kier alpha value is -2.86. The van der Waals surface area contributed by atoms with Crippen LogP contribution in [0.25, 0.3) is 0 Å². The number of ether oxygens (including phenoxy) is 1. The molecule has 0 bridgehead atoms. The van der Waals surface area contributed by atoms with Crippen LogP contribution in [0.3, 0.4) is 0 Å². The maximum atomic E-state index is 6.10. The number of pyridine rings is 1. The fourth-order valence-corrected chi connectivity index (χ4v) is 2.11. The van der Waals surface area contributed by atoms with Crippen LogP contribution in [0.2, 0.25) is 5.02 Å². The largest absolute Gasteiger partial charge is 0.435 e. The maximum absolute atomic E-state index is 6.10. The fourth-order valence-electron chi connectivity index (χ4n) is 1.94. The van der Waals surface area contributed by atoms with Crippen molar-refractivity contribution in [3.63, 3.8) is 0 Å². The Kier molecular flexibility index (Phi) is 4.25. The average molecular weight is 328 g/mol. The Morgan fingerprint density at radius 2 is 2.09 bits per heavy atom. The first-order chi connectivity index (χ1) is 11.1. The summed E-state index contributed by atoms with van der Waals surface area (Å²) in [6, 6.07) is 9.07. The molecule has 0 unspecified atom stereocenters. The summed E-state index contributed by atoms with van der Waals surface area (Å²) in [6.07, 6.45) is 4.62. The Morgan fingerprint density at radius 3 is 2.87 bits per heavy atom. The summed E-state index contributed by atoms with van der Waals surface area (Å²) in [5.41, 5.74) is 8.23. The number of hydrogen-bond acceptors (Lipinski definition) is 6. The van der Waals surface area contributed by atoms with Crippen molar-refractivity contribution < 1.29 is 4.74 Å². The smallest absolute Gasteiger partial charge is 0.248 e. The molecule has 0 aliphatic rings. The van der Waals surface area contributed by atoms with Crippen molar-refractivity contribution in [1.29, 1.82) is 0 Å². The van der Waals surface area contributed by atoms with Gasteiger partial charge < -0.3 is 15.8 Å². The van der Waals surface area contributed by atoms with E-state index >= 15 is 0 Å². The molecule has 0 aliphatic carbocycles. The van der Waals surface area contributed by atoms with E-state index in [4.69, 9.17) is 22.1 Å². The van der Waals surface area contributed by atoms with Crippen molar-refractivity contribution >= 4 is 28.8 Å². The highest BCUT2D eigenvalue weighted by Gasteiger charge is 2.11. The summed E-state index contributed by atoms with van der Waals surface area (Å²) in [5, 5.41) is 3.77. The summed E-state index contributed by atoms with van der Waals surface area (Å²) in [6.45, 7) is 1.96. The molecule has 0 radical (unpaired) electrons. The van der Waals surface area contributed by atoms with Crippen molar-refractivity contribution in [3.8, 4) is 11.6 Å². The van der Waals surface area contributed by atoms with Crippen LogP contribution in [0.4, 0.5) is 17.2 Å². The highest BCUT2D eigenvalue weighted by molar-refractivity contribution is 6.30. The van der Waals surface area contributed by atoms with Gasteiger partial charge in [0.15, 0.2) is 5.82 Å². The predicted molar refractivity (Wildman–Crippen MR) is 90.2 cm³/mol. The fraction of sp³-hybridized carbons (Fsp3) is 0.0625. The van der Waals surface area contributed by atoms with Gasteiger partial charge >= 0.3 is 0 Å². The Balaban J connectivity index is 1.89. The van der Waals surface area contributed by atoms with Gasteiger partial charge in [0.2, 0.25) is 5.88 Å². The first-order valence-corrected chi connectivity index (χ1v) is 7.23. The number of nitrogens with one attached hydrogen (secondary N) is 1. The molecular formula is C16H14ClN5O. The molecule has 23 heavy (non-hydrogen) atoms. The second-order valence-electron chi connectivity index (χ2n) is 4.82. The minimum Gasteiger partial charge on any atom is -0.435 e. The quantitative estimate of drug-likeness (QED) is 0.754. The van der Waals surface area contributed by atoms with Gasteiger partial charge in [-0.2, -0.15) is 4.98 Å². The van der Waals surface area contributed by atoms with Crippen molar-refractivity contribution in [2.45, 2.75) is 6.92 Å². The second kappa shape index (κ2) is 6.50. The second-order valence-corrected chi connectivity index (χ2v) is 5.25. The van der Waals surface area contributed by atoms with Gasteiger partial charge in [-0.05, 0) is 36.8 Å². The summed E-state index contributed by atoms with van der Waals surface area (Å²) in [4.78, 5) is 12.2. The molecule has 0 aliphatic heterocycles. The number of nitrogen functional groups attached to an aromatic ring is 1. The van der Waals surface area contributed by atoms with E-state index in [-0.39, 0.29) is 5.88 Å². The highest BCUT2D eigenvalue weighted by Crippen LogP contribution is 2.32. The van der Waals surface area contributed by atoms with Gasteiger partial charge in [-0.25, -0.2) is 4.98 Å². The lowest BCUT2D eigenvalue weighted by atomic mass is 10.2. The van der Waals surface area contributed by atoms with Crippen LogP contribution in [0, 0.1) is 6.92 Å². The predicted octanol–water partition coefficient (Wildman–Crippen LogP) is 3.95. The lowest BCUT2D eigenvalue weighted by molar-refractivity contribution is 0.462. The van der Waals surface area contributed by atoms with Gasteiger partial charge in [0.05, 0.1) is 6.20 Å². The Bertz CT molecular complexity index is 826. The molecule has 0 amide bonds. The number of hydrogen-bond donors (Lipinski definition) is 2. The van der Waals surface area contributed by atoms with Crippen molar-refractivity contribution in [2.24, 2.45) is 0 Å².